The zero-order chi connectivity index (χ0) is 7.40. The van der Waals surface area contributed by atoms with Gasteiger partial charge in [0.1, 0.15) is 5.75 Å². The van der Waals surface area contributed by atoms with Crippen LogP contribution in [0.4, 0.5) is 0 Å². The summed E-state index contributed by atoms with van der Waals surface area (Å²) in [6.45, 7) is 0.658. The molecule has 58 valence electrons. The number of hydrogen-bond donors (Lipinski definition) is 2. The molecule has 0 bridgehead atoms. The van der Waals surface area contributed by atoms with Crippen molar-refractivity contribution in [3.8, 4) is 5.75 Å². The molecule has 0 spiro atoms. The number of aromatic hydroxyl groups is 1. The van der Waals surface area contributed by atoms with E-state index in [1.54, 1.807) is 12.1 Å². The molecule has 4 radical (unpaired) electrons. The van der Waals surface area contributed by atoms with E-state index >= 15 is 0 Å². The van der Waals surface area contributed by atoms with Crippen LogP contribution in [-0.2, 0) is 6.42 Å². The van der Waals surface area contributed by atoms with Crippen LogP contribution in [0.15, 0.2) is 24.3 Å². The second-order valence-corrected chi connectivity index (χ2v) is 2.21. The van der Waals surface area contributed by atoms with E-state index in [1.807, 2.05) is 12.1 Å². The Labute approximate surface area is 83.4 Å². The number of phenols is 1. The Kier molecular flexibility index (Phi) is 5.32. The number of nitrogens with two attached hydrogens (primary N) is 1. The van der Waals surface area contributed by atoms with Crippen LogP contribution in [0.5, 0.6) is 5.75 Å². The SMILES string of the molecule is NCCc1ccc(O)cc1.[Sn]. The Bertz CT molecular complexity index is 198. The summed E-state index contributed by atoms with van der Waals surface area (Å²) in [5.41, 5.74) is 6.50. The number of hydrogen-bond acceptors (Lipinski definition) is 2. The topological polar surface area (TPSA) is 46.2 Å². The van der Waals surface area contributed by atoms with Crippen molar-refractivity contribution >= 4 is 23.9 Å². The summed E-state index contributed by atoms with van der Waals surface area (Å²) in [7, 11) is 0. The van der Waals surface area contributed by atoms with E-state index in [2.05, 4.69) is 0 Å². The maximum atomic E-state index is 8.89. The van der Waals surface area contributed by atoms with Crippen LogP contribution in [0.1, 0.15) is 5.56 Å². The molecular weight excluding hydrogens is 245 g/mol. The van der Waals surface area contributed by atoms with Crippen molar-refractivity contribution in [2.45, 2.75) is 6.42 Å². The molecule has 3 heteroatoms. The van der Waals surface area contributed by atoms with Crippen LogP contribution < -0.4 is 5.73 Å². The second kappa shape index (κ2) is 5.43. The molecule has 0 saturated carbocycles. The van der Waals surface area contributed by atoms with E-state index in [4.69, 9.17) is 10.8 Å². The third-order valence-electron chi connectivity index (χ3n) is 1.37. The molecule has 0 aliphatic rings. The van der Waals surface area contributed by atoms with Crippen LogP contribution in [0, 0.1) is 0 Å². The van der Waals surface area contributed by atoms with E-state index in [-0.39, 0.29) is 23.9 Å². The Morgan fingerprint density at radius 1 is 1.18 bits per heavy atom. The molecule has 1 rings (SSSR count). The van der Waals surface area contributed by atoms with Crippen molar-refractivity contribution < 1.29 is 5.11 Å². The van der Waals surface area contributed by atoms with E-state index < -0.39 is 0 Å². The minimum absolute atomic E-state index is 0. The molecule has 11 heavy (non-hydrogen) atoms. The first-order chi connectivity index (χ1) is 4.83. The number of benzene rings is 1. The molecule has 0 aromatic heterocycles. The zero-order valence-electron chi connectivity index (χ0n) is 6.25. The van der Waals surface area contributed by atoms with Gasteiger partial charge in [0.15, 0.2) is 0 Å². The third kappa shape index (κ3) is 3.62. The summed E-state index contributed by atoms with van der Waals surface area (Å²) in [5.74, 6) is 0.306. The molecule has 0 atom stereocenters. The van der Waals surface area contributed by atoms with Gasteiger partial charge < -0.3 is 10.8 Å². The Hall–Kier alpha value is -0.221. The monoisotopic (exact) mass is 257 g/mol. The fourth-order valence-electron chi connectivity index (χ4n) is 0.829. The average Bonchev–Trinajstić information content (AvgIpc) is 1.95. The third-order valence-corrected chi connectivity index (χ3v) is 1.37. The molecule has 0 amide bonds. The van der Waals surface area contributed by atoms with Gasteiger partial charge in [-0.25, -0.2) is 0 Å². The Morgan fingerprint density at radius 3 is 2.18 bits per heavy atom. The van der Waals surface area contributed by atoms with Gasteiger partial charge in [-0.1, -0.05) is 12.1 Å². The molecule has 0 unspecified atom stereocenters. The van der Waals surface area contributed by atoms with Crippen molar-refractivity contribution in [2.75, 3.05) is 6.54 Å². The fourth-order valence-corrected chi connectivity index (χ4v) is 0.829. The summed E-state index contributed by atoms with van der Waals surface area (Å²) >= 11 is 0. The van der Waals surface area contributed by atoms with E-state index in [1.165, 1.54) is 5.56 Å². The maximum Gasteiger partial charge on any atom is 0.115 e. The van der Waals surface area contributed by atoms with Crippen molar-refractivity contribution in [2.24, 2.45) is 5.73 Å². The van der Waals surface area contributed by atoms with Crippen molar-refractivity contribution in [3.63, 3.8) is 0 Å². The standard InChI is InChI=1S/C8H11NO.Sn/c9-6-5-7-1-3-8(10)4-2-7;/h1-4,10H,5-6,9H2;. The number of phenolic OH excluding ortho intramolecular Hbond substituents is 1. The molecule has 1 aromatic carbocycles. The predicted octanol–water partition coefficient (Wildman–Crippen LogP) is 0.513. The summed E-state index contributed by atoms with van der Waals surface area (Å²) < 4.78 is 0. The molecule has 0 aliphatic heterocycles. The summed E-state index contributed by atoms with van der Waals surface area (Å²) in [4.78, 5) is 0. The average molecular weight is 256 g/mol. The summed E-state index contributed by atoms with van der Waals surface area (Å²) in [5, 5.41) is 8.89. The smallest absolute Gasteiger partial charge is 0.115 e. The van der Waals surface area contributed by atoms with Crippen molar-refractivity contribution in [3.05, 3.63) is 29.8 Å². The maximum absolute atomic E-state index is 8.89. The first-order valence-electron chi connectivity index (χ1n) is 3.31. The first kappa shape index (κ1) is 10.8. The minimum atomic E-state index is 0. The van der Waals surface area contributed by atoms with Crippen molar-refractivity contribution in [1.29, 1.82) is 0 Å². The van der Waals surface area contributed by atoms with Gasteiger partial charge in [0.2, 0.25) is 0 Å². The van der Waals surface area contributed by atoms with Gasteiger partial charge in [0, 0.05) is 23.9 Å². The van der Waals surface area contributed by atoms with Crippen LogP contribution in [0.3, 0.4) is 0 Å². The summed E-state index contributed by atoms with van der Waals surface area (Å²) in [6.07, 6.45) is 0.875. The minimum Gasteiger partial charge on any atom is -0.508 e. The predicted molar refractivity (Wildman–Crippen MR) is 46.6 cm³/mol. The number of rotatable bonds is 2. The summed E-state index contributed by atoms with van der Waals surface area (Å²) in [6, 6.07) is 7.10. The van der Waals surface area contributed by atoms with Crippen LogP contribution in [0.25, 0.3) is 0 Å². The van der Waals surface area contributed by atoms with Crippen LogP contribution >= 0.6 is 0 Å². The first-order valence-corrected chi connectivity index (χ1v) is 3.31. The molecular formula is C8H11NOSn. The normalized spacial score (nSPS) is 8.82. The van der Waals surface area contributed by atoms with Gasteiger partial charge in [0.25, 0.3) is 0 Å². The Balaban J connectivity index is 0.000001000. The molecule has 0 saturated heterocycles. The zero-order valence-corrected chi connectivity index (χ0v) is 9.10. The quantitative estimate of drug-likeness (QED) is 0.757. The van der Waals surface area contributed by atoms with Gasteiger partial charge in [0.05, 0.1) is 0 Å². The van der Waals surface area contributed by atoms with Crippen molar-refractivity contribution in [1.82, 2.24) is 0 Å². The molecule has 1 aromatic rings. The van der Waals surface area contributed by atoms with E-state index in [0.717, 1.165) is 6.42 Å². The molecule has 3 N–H and O–H groups in total. The van der Waals surface area contributed by atoms with Gasteiger partial charge >= 0.3 is 0 Å². The van der Waals surface area contributed by atoms with Crippen LogP contribution in [0.2, 0.25) is 0 Å². The van der Waals surface area contributed by atoms with Gasteiger partial charge in [-0.3, -0.25) is 0 Å². The van der Waals surface area contributed by atoms with Gasteiger partial charge in [-0.05, 0) is 30.7 Å². The Morgan fingerprint density at radius 2 is 1.73 bits per heavy atom. The second-order valence-electron chi connectivity index (χ2n) is 2.21. The van der Waals surface area contributed by atoms with Gasteiger partial charge in [-0.2, -0.15) is 0 Å². The largest absolute Gasteiger partial charge is 0.508 e. The molecule has 0 aliphatic carbocycles. The van der Waals surface area contributed by atoms with E-state index in [9.17, 15) is 0 Å². The molecule has 2 nitrogen and oxygen atoms in total. The van der Waals surface area contributed by atoms with Crippen LogP contribution in [-0.4, -0.2) is 35.6 Å². The molecule has 0 fully saturated rings. The fraction of sp³-hybridized carbons (Fsp3) is 0.250. The van der Waals surface area contributed by atoms with Gasteiger partial charge in [-0.15, -0.1) is 0 Å². The van der Waals surface area contributed by atoms with E-state index in [0.29, 0.717) is 12.3 Å². The molecule has 0 heterocycles.